The quantitative estimate of drug-likeness (QED) is 0.839. The Morgan fingerprint density at radius 1 is 1.39 bits per heavy atom. The molecule has 18 heavy (non-hydrogen) atoms. The van der Waals surface area contributed by atoms with Gasteiger partial charge in [0, 0.05) is 19.2 Å². The van der Waals surface area contributed by atoms with Gasteiger partial charge >= 0.3 is 0 Å². The van der Waals surface area contributed by atoms with E-state index in [9.17, 15) is 4.39 Å². The van der Waals surface area contributed by atoms with Crippen molar-refractivity contribution in [2.75, 3.05) is 13.7 Å². The van der Waals surface area contributed by atoms with E-state index >= 15 is 0 Å². The number of benzene rings is 1. The van der Waals surface area contributed by atoms with Crippen LogP contribution in [0.2, 0.25) is 0 Å². The minimum Gasteiger partial charge on any atom is -0.383 e. The van der Waals surface area contributed by atoms with Gasteiger partial charge in [-0.1, -0.05) is 25.1 Å². The number of ether oxygens (including phenoxy) is 1. The maximum Gasteiger partial charge on any atom is 0.126 e. The fraction of sp³-hybridized carbons (Fsp3) is 0.600. The molecule has 0 radical (unpaired) electrons. The van der Waals surface area contributed by atoms with E-state index in [1.54, 1.807) is 19.2 Å². The van der Waals surface area contributed by atoms with Crippen LogP contribution >= 0.6 is 0 Å². The second-order valence-corrected chi connectivity index (χ2v) is 5.11. The zero-order valence-electron chi connectivity index (χ0n) is 11.2. The molecule has 0 bridgehead atoms. The molecule has 0 aliphatic heterocycles. The molecule has 100 valence electrons. The van der Waals surface area contributed by atoms with Crippen LogP contribution in [0.3, 0.4) is 0 Å². The number of rotatable bonds is 6. The summed E-state index contributed by atoms with van der Waals surface area (Å²) in [6.07, 6.45) is 3.12. The van der Waals surface area contributed by atoms with Crippen molar-refractivity contribution in [1.82, 2.24) is 5.32 Å². The van der Waals surface area contributed by atoms with Gasteiger partial charge in [0.25, 0.3) is 0 Å². The highest BCUT2D eigenvalue weighted by Crippen LogP contribution is 2.38. The number of hydrogen-bond donors (Lipinski definition) is 1. The SMILES string of the molecule is CCC(COC)NC1CC(c2ccccc2F)C1. The Labute approximate surface area is 109 Å². The molecule has 0 spiro atoms. The summed E-state index contributed by atoms with van der Waals surface area (Å²) in [4.78, 5) is 0. The zero-order chi connectivity index (χ0) is 13.0. The average molecular weight is 251 g/mol. The highest BCUT2D eigenvalue weighted by atomic mass is 19.1. The maximum absolute atomic E-state index is 13.6. The Balaban J connectivity index is 1.82. The number of halogens is 1. The Morgan fingerprint density at radius 2 is 2.11 bits per heavy atom. The minimum atomic E-state index is -0.0649. The lowest BCUT2D eigenvalue weighted by Gasteiger charge is -2.38. The van der Waals surface area contributed by atoms with E-state index < -0.39 is 0 Å². The third-order valence-electron chi connectivity index (χ3n) is 3.82. The van der Waals surface area contributed by atoms with Gasteiger partial charge in [-0.25, -0.2) is 4.39 Å². The van der Waals surface area contributed by atoms with Crippen LogP contribution in [-0.4, -0.2) is 25.8 Å². The third-order valence-corrected chi connectivity index (χ3v) is 3.82. The Bertz CT molecular complexity index is 377. The molecule has 0 heterocycles. The highest BCUT2D eigenvalue weighted by Gasteiger charge is 2.32. The van der Waals surface area contributed by atoms with Gasteiger partial charge in [0.05, 0.1) is 6.61 Å². The van der Waals surface area contributed by atoms with Crippen molar-refractivity contribution in [1.29, 1.82) is 0 Å². The van der Waals surface area contributed by atoms with Crippen LogP contribution in [-0.2, 0) is 4.74 Å². The lowest BCUT2D eigenvalue weighted by Crippen LogP contribution is -2.47. The first-order chi connectivity index (χ1) is 8.74. The second kappa shape index (κ2) is 6.30. The molecular weight excluding hydrogens is 229 g/mol. The lowest BCUT2D eigenvalue weighted by atomic mass is 9.75. The molecule has 1 atom stereocenters. The van der Waals surface area contributed by atoms with E-state index in [0.29, 0.717) is 18.0 Å². The monoisotopic (exact) mass is 251 g/mol. The normalized spacial score (nSPS) is 24.6. The van der Waals surface area contributed by atoms with Crippen molar-refractivity contribution in [3.05, 3.63) is 35.6 Å². The summed E-state index contributed by atoms with van der Waals surface area (Å²) in [5.41, 5.74) is 0.871. The minimum absolute atomic E-state index is 0.0649. The molecule has 3 heteroatoms. The molecule has 1 unspecified atom stereocenters. The van der Waals surface area contributed by atoms with E-state index in [4.69, 9.17) is 4.74 Å². The van der Waals surface area contributed by atoms with Crippen LogP contribution in [0.25, 0.3) is 0 Å². The van der Waals surface area contributed by atoms with Crippen molar-refractivity contribution in [3.8, 4) is 0 Å². The first-order valence-electron chi connectivity index (χ1n) is 6.74. The summed E-state index contributed by atoms with van der Waals surface area (Å²) < 4.78 is 18.8. The van der Waals surface area contributed by atoms with Crippen molar-refractivity contribution in [3.63, 3.8) is 0 Å². The Hall–Kier alpha value is -0.930. The highest BCUT2D eigenvalue weighted by molar-refractivity contribution is 5.24. The number of methoxy groups -OCH3 is 1. The van der Waals surface area contributed by atoms with Gasteiger partial charge in [0.15, 0.2) is 0 Å². The van der Waals surface area contributed by atoms with E-state index in [0.717, 1.165) is 31.4 Å². The standard InChI is InChI=1S/C15H22FNO/c1-3-12(10-18-2)17-13-8-11(9-13)14-6-4-5-7-15(14)16/h4-7,11-13,17H,3,8-10H2,1-2H3. The summed E-state index contributed by atoms with van der Waals surface area (Å²) in [7, 11) is 1.73. The predicted octanol–water partition coefficient (Wildman–Crippen LogP) is 3.09. The van der Waals surface area contributed by atoms with Gasteiger partial charge in [0.1, 0.15) is 5.82 Å². The van der Waals surface area contributed by atoms with Crippen LogP contribution in [0, 0.1) is 5.82 Å². The molecule has 2 rings (SSSR count). The van der Waals surface area contributed by atoms with Crippen molar-refractivity contribution in [2.24, 2.45) is 0 Å². The molecular formula is C15H22FNO. The van der Waals surface area contributed by atoms with Crippen LogP contribution in [0.1, 0.15) is 37.7 Å². The molecule has 0 amide bonds. The lowest BCUT2D eigenvalue weighted by molar-refractivity contribution is 0.143. The van der Waals surface area contributed by atoms with Gasteiger partial charge < -0.3 is 10.1 Å². The van der Waals surface area contributed by atoms with Crippen LogP contribution < -0.4 is 5.32 Å². The van der Waals surface area contributed by atoms with Crippen LogP contribution in [0.4, 0.5) is 4.39 Å². The summed E-state index contributed by atoms with van der Waals surface area (Å²) >= 11 is 0. The molecule has 1 aromatic rings. The smallest absolute Gasteiger partial charge is 0.126 e. The molecule has 1 aromatic carbocycles. The molecule has 1 aliphatic rings. The average Bonchev–Trinajstić information content (AvgIpc) is 2.33. The Kier molecular flexibility index (Phi) is 4.72. The van der Waals surface area contributed by atoms with Crippen molar-refractivity contribution < 1.29 is 9.13 Å². The summed E-state index contributed by atoms with van der Waals surface area (Å²) in [5, 5.41) is 3.58. The first kappa shape index (κ1) is 13.5. The fourth-order valence-corrected chi connectivity index (χ4v) is 2.63. The fourth-order valence-electron chi connectivity index (χ4n) is 2.63. The van der Waals surface area contributed by atoms with Crippen LogP contribution in [0.5, 0.6) is 0 Å². The van der Waals surface area contributed by atoms with Crippen LogP contribution in [0.15, 0.2) is 24.3 Å². The molecule has 1 aliphatic carbocycles. The zero-order valence-corrected chi connectivity index (χ0v) is 11.2. The van der Waals surface area contributed by atoms with E-state index in [2.05, 4.69) is 12.2 Å². The van der Waals surface area contributed by atoms with Crippen molar-refractivity contribution in [2.45, 2.75) is 44.2 Å². The number of hydrogen-bond acceptors (Lipinski definition) is 2. The topological polar surface area (TPSA) is 21.3 Å². The second-order valence-electron chi connectivity index (χ2n) is 5.11. The molecule has 1 saturated carbocycles. The predicted molar refractivity (Wildman–Crippen MR) is 71.3 cm³/mol. The summed E-state index contributed by atoms with van der Waals surface area (Å²) in [6, 6.07) is 8.05. The molecule has 1 N–H and O–H groups in total. The van der Waals surface area contributed by atoms with E-state index in [-0.39, 0.29) is 5.82 Å². The van der Waals surface area contributed by atoms with Gasteiger partial charge in [-0.05, 0) is 36.8 Å². The summed E-state index contributed by atoms with van der Waals surface area (Å²) in [6.45, 7) is 2.90. The number of nitrogens with one attached hydrogen (secondary N) is 1. The Morgan fingerprint density at radius 3 is 2.72 bits per heavy atom. The van der Waals surface area contributed by atoms with Gasteiger partial charge in [-0.15, -0.1) is 0 Å². The first-order valence-corrected chi connectivity index (χ1v) is 6.74. The molecule has 0 aromatic heterocycles. The molecule has 1 fully saturated rings. The van der Waals surface area contributed by atoms with Crippen molar-refractivity contribution >= 4 is 0 Å². The van der Waals surface area contributed by atoms with Gasteiger partial charge in [0.2, 0.25) is 0 Å². The maximum atomic E-state index is 13.6. The third kappa shape index (κ3) is 3.09. The van der Waals surface area contributed by atoms with Gasteiger partial charge in [-0.2, -0.15) is 0 Å². The molecule has 0 saturated heterocycles. The van der Waals surface area contributed by atoms with Gasteiger partial charge in [-0.3, -0.25) is 0 Å². The molecule has 2 nitrogen and oxygen atoms in total. The largest absolute Gasteiger partial charge is 0.383 e. The van der Waals surface area contributed by atoms with E-state index in [1.807, 2.05) is 12.1 Å². The summed E-state index contributed by atoms with van der Waals surface area (Å²) in [5.74, 6) is 0.314. The van der Waals surface area contributed by atoms with E-state index in [1.165, 1.54) is 0 Å².